The lowest BCUT2D eigenvalue weighted by Crippen LogP contribution is -2.38. The number of ketones is 1. The molecular formula is C14H17NO5. The van der Waals surface area contributed by atoms with Crippen LogP contribution in [-0.4, -0.2) is 38.2 Å². The van der Waals surface area contributed by atoms with Crippen LogP contribution in [0.5, 0.6) is 11.5 Å². The Morgan fingerprint density at radius 1 is 1.35 bits per heavy atom. The van der Waals surface area contributed by atoms with E-state index in [2.05, 4.69) is 10.1 Å². The van der Waals surface area contributed by atoms with Crippen molar-refractivity contribution in [3.63, 3.8) is 0 Å². The van der Waals surface area contributed by atoms with Gasteiger partial charge in [0.1, 0.15) is 0 Å². The molecule has 0 amide bonds. The lowest BCUT2D eigenvalue weighted by atomic mass is 10.0. The van der Waals surface area contributed by atoms with Crippen LogP contribution < -0.4 is 14.8 Å². The maximum absolute atomic E-state index is 12.4. The molecule has 0 spiro atoms. The predicted octanol–water partition coefficient (Wildman–Crippen LogP) is 1.14. The molecule has 0 fully saturated rings. The minimum Gasteiger partial charge on any atom is -0.469 e. The summed E-state index contributed by atoms with van der Waals surface area (Å²) in [6, 6.07) is 4.38. The highest BCUT2D eigenvalue weighted by Crippen LogP contribution is 2.32. The Balaban J connectivity index is 2.16. The molecule has 1 aliphatic heterocycles. The van der Waals surface area contributed by atoms with Crippen molar-refractivity contribution in [2.75, 3.05) is 20.4 Å². The fraction of sp³-hybridized carbons (Fsp3) is 0.429. The number of fused-ring (bicyclic) bond motifs is 1. The third-order valence-corrected chi connectivity index (χ3v) is 3.02. The van der Waals surface area contributed by atoms with Gasteiger partial charge in [0.2, 0.25) is 6.79 Å². The van der Waals surface area contributed by atoms with E-state index in [1.807, 2.05) is 6.92 Å². The number of rotatable bonds is 6. The predicted molar refractivity (Wildman–Crippen MR) is 71.0 cm³/mol. The van der Waals surface area contributed by atoms with E-state index < -0.39 is 12.0 Å². The van der Waals surface area contributed by atoms with Crippen molar-refractivity contribution in [3.05, 3.63) is 23.8 Å². The molecular weight excluding hydrogens is 262 g/mol. The number of nitrogens with one attached hydrogen (secondary N) is 1. The van der Waals surface area contributed by atoms with Crippen LogP contribution in [-0.2, 0) is 9.53 Å². The van der Waals surface area contributed by atoms with Crippen LogP contribution in [0.4, 0.5) is 0 Å². The first-order valence-electron chi connectivity index (χ1n) is 6.39. The molecule has 6 heteroatoms. The Morgan fingerprint density at radius 3 is 2.80 bits per heavy atom. The summed E-state index contributed by atoms with van der Waals surface area (Å²) in [7, 11) is 1.30. The molecule has 1 unspecified atom stereocenters. The quantitative estimate of drug-likeness (QED) is 0.622. The maximum atomic E-state index is 12.4. The second-order valence-corrected chi connectivity index (χ2v) is 4.32. The number of hydrogen-bond donors (Lipinski definition) is 1. The van der Waals surface area contributed by atoms with Crippen molar-refractivity contribution < 1.29 is 23.8 Å². The third kappa shape index (κ3) is 3.08. The number of carbonyl (C=O) groups is 2. The minimum atomic E-state index is -0.604. The highest BCUT2D eigenvalue weighted by Gasteiger charge is 2.24. The average Bonchev–Trinajstić information content (AvgIpc) is 2.93. The molecule has 108 valence electrons. The molecule has 0 saturated heterocycles. The van der Waals surface area contributed by atoms with Crippen molar-refractivity contribution in [2.24, 2.45) is 0 Å². The van der Waals surface area contributed by atoms with E-state index in [4.69, 9.17) is 9.47 Å². The summed E-state index contributed by atoms with van der Waals surface area (Å²) >= 11 is 0. The molecule has 1 atom stereocenters. The molecule has 2 rings (SSSR count). The normalized spacial score (nSPS) is 13.9. The van der Waals surface area contributed by atoms with Gasteiger partial charge < -0.3 is 19.5 Å². The van der Waals surface area contributed by atoms with Crippen molar-refractivity contribution in [1.29, 1.82) is 0 Å². The van der Waals surface area contributed by atoms with E-state index in [1.165, 1.54) is 7.11 Å². The van der Waals surface area contributed by atoms with Crippen LogP contribution in [0.25, 0.3) is 0 Å². The number of hydrogen-bond acceptors (Lipinski definition) is 6. The first kappa shape index (κ1) is 14.3. The number of Topliss-reactive ketones (excluding diaryl/α,β-unsaturated/α-hetero) is 1. The Hall–Kier alpha value is -2.08. The molecule has 0 bridgehead atoms. The van der Waals surface area contributed by atoms with Gasteiger partial charge in [-0.05, 0) is 24.7 Å². The molecule has 1 aliphatic rings. The van der Waals surface area contributed by atoms with E-state index in [0.29, 0.717) is 23.6 Å². The van der Waals surface area contributed by atoms with Crippen molar-refractivity contribution in [3.8, 4) is 11.5 Å². The summed E-state index contributed by atoms with van der Waals surface area (Å²) in [5.74, 6) is 0.569. The highest BCUT2D eigenvalue weighted by atomic mass is 16.7. The number of carbonyl (C=O) groups excluding carboxylic acids is 2. The average molecular weight is 279 g/mol. The summed E-state index contributed by atoms with van der Waals surface area (Å²) in [4.78, 5) is 23.8. The Morgan fingerprint density at radius 2 is 2.10 bits per heavy atom. The van der Waals surface area contributed by atoms with Gasteiger partial charge in [-0.2, -0.15) is 0 Å². The Labute approximate surface area is 117 Å². The molecule has 0 aromatic heterocycles. The van der Waals surface area contributed by atoms with Gasteiger partial charge in [0, 0.05) is 5.56 Å². The number of methoxy groups -OCH3 is 1. The van der Waals surface area contributed by atoms with Crippen LogP contribution in [0.15, 0.2) is 18.2 Å². The van der Waals surface area contributed by atoms with Crippen LogP contribution >= 0.6 is 0 Å². The number of benzene rings is 1. The van der Waals surface area contributed by atoms with Gasteiger partial charge in [-0.1, -0.05) is 6.92 Å². The second kappa shape index (κ2) is 6.38. The molecule has 1 aromatic rings. The SMILES string of the molecule is CCNC(CC(=O)OC)C(=O)c1ccc2c(c1)OCO2. The topological polar surface area (TPSA) is 73.9 Å². The summed E-state index contributed by atoms with van der Waals surface area (Å²) in [6.07, 6.45) is -0.00237. The Bertz CT molecular complexity index is 514. The standard InChI is InChI=1S/C14H17NO5/c1-3-15-10(7-13(16)18-2)14(17)9-4-5-11-12(6-9)20-8-19-11/h4-6,10,15H,3,7-8H2,1-2H3. The van der Waals surface area contributed by atoms with Crippen LogP contribution in [0, 0.1) is 0 Å². The molecule has 0 radical (unpaired) electrons. The molecule has 1 N–H and O–H groups in total. The maximum Gasteiger partial charge on any atom is 0.307 e. The number of ether oxygens (including phenoxy) is 3. The first-order chi connectivity index (χ1) is 9.65. The van der Waals surface area contributed by atoms with Crippen molar-refractivity contribution >= 4 is 11.8 Å². The van der Waals surface area contributed by atoms with Crippen molar-refractivity contribution in [2.45, 2.75) is 19.4 Å². The molecule has 6 nitrogen and oxygen atoms in total. The van der Waals surface area contributed by atoms with E-state index in [9.17, 15) is 9.59 Å². The monoisotopic (exact) mass is 279 g/mol. The van der Waals surface area contributed by atoms with Crippen molar-refractivity contribution in [1.82, 2.24) is 5.32 Å². The van der Waals surface area contributed by atoms with E-state index >= 15 is 0 Å². The minimum absolute atomic E-state index is 0.00237. The largest absolute Gasteiger partial charge is 0.469 e. The van der Waals surface area contributed by atoms with Gasteiger partial charge in [0.15, 0.2) is 17.3 Å². The smallest absolute Gasteiger partial charge is 0.307 e. The number of esters is 1. The zero-order valence-corrected chi connectivity index (χ0v) is 11.5. The lowest BCUT2D eigenvalue weighted by Gasteiger charge is -2.15. The second-order valence-electron chi connectivity index (χ2n) is 4.32. The van der Waals surface area contributed by atoms with Crippen LogP contribution in [0.1, 0.15) is 23.7 Å². The molecule has 0 aliphatic carbocycles. The summed E-state index contributed by atoms with van der Waals surface area (Å²) in [5.41, 5.74) is 0.476. The summed E-state index contributed by atoms with van der Waals surface area (Å²) in [5, 5.41) is 2.99. The van der Waals surface area contributed by atoms with E-state index in [0.717, 1.165) is 0 Å². The van der Waals surface area contributed by atoms with Gasteiger partial charge in [-0.25, -0.2) is 0 Å². The summed E-state index contributed by atoms with van der Waals surface area (Å²) in [6.45, 7) is 2.61. The third-order valence-electron chi connectivity index (χ3n) is 3.02. The zero-order chi connectivity index (χ0) is 14.5. The Kier molecular flexibility index (Phi) is 4.57. The van der Waals surface area contributed by atoms with Gasteiger partial charge in [0.25, 0.3) is 0 Å². The molecule has 1 heterocycles. The van der Waals surface area contributed by atoms with Gasteiger partial charge in [0.05, 0.1) is 19.6 Å². The molecule has 0 saturated carbocycles. The highest BCUT2D eigenvalue weighted by molar-refractivity contribution is 6.02. The molecule has 20 heavy (non-hydrogen) atoms. The zero-order valence-electron chi connectivity index (χ0n) is 11.5. The fourth-order valence-electron chi connectivity index (χ4n) is 2.00. The van der Waals surface area contributed by atoms with Gasteiger partial charge in [-0.3, -0.25) is 9.59 Å². The van der Waals surface area contributed by atoms with Gasteiger partial charge in [-0.15, -0.1) is 0 Å². The van der Waals surface area contributed by atoms with Crippen LogP contribution in [0.3, 0.4) is 0 Å². The fourth-order valence-corrected chi connectivity index (χ4v) is 2.00. The lowest BCUT2D eigenvalue weighted by molar-refractivity contribution is -0.140. The number of likely N-dealkylation sites (N-methyl/N-ethyl adjacent to an activating group) is 1. The first-order valence-corrected chi connectivity index (χ1v) is 6.39. The van der Waals surface area contributed by atoms with E-state index in [1.54, 1.807) is 18.2 Å². The van der Waals surface area contributed by atoms with Crippen LogP contribution in [0.2, 0.25) is 0 Å². The summed E-state index contributed by atoms with van der Waals surface area (Å²) < 4.78 is 15.1. The van der Waals surface area contributed by atoms with Gasteiger partial charge >= 0.3 is 5.97 Å². The van der Waals surface area contributed by atoms with E-state index in [-0.39, 0.29) is 19.0 Å². The molecule has 1 aromatic carbocycles.